The van der Waals surface area contributed by atoms with E-state index >= 15 is 0 Å². The number of rotatable bonds is 17. The van der Waals surface area contributed by atoms with Crippen LogP contribution in [0.5, 0.6) is 0 Å². The zero-order chi connectivity index (χ0) is 30.5. The molecule has 0 aliphatic rings. The number of aryl methyl sites for hydroxylation is 1. The van der Waals surface area contributed by atoms with Gasteiger partial charge in [0.1, 0.15) is 18.4 Å². The molecule has 2 rings (SSSR count). The highest BCUT2D eigenvalue weighted by Gasteiger charge is 2.27. The molecule has 0 saturated carbocycles. The van der Waals surface area contributed by atoms with Crippen LogP contribution < -0.4 is 10.6 Å². The van der Waals surface area contributed by atoms with Crippen LogP contribution in [-0.2, 0) is 34.2 Å². The molecule has 0 fully saturated rings. The number of hydrogen-bond donors (Lipinski definition) is 3. The van der Waals surface area contributed by atoms with Gasteiger partial charge in [0.25, 0.3) is 16.0 Å². The van der Waals surface area contributed by atoms with E-state index in [-0.39, 0.29) is 55.4 Å². The fourth-order valence-electron chi connectivity index (χ4n) is 3.42. The number of ketones is 1. The molecular weight excluding hydrogens is 576 g/mol. The molecule has 0 heterocycles. The Morgan fingerprint density at radius 3 is 2.29 bits per heavy atom. The van der Waals surface area contributed by atoms with E-state index in [0.717, 1.165) is 5.56 Å². The fourth-order valence-corrected chi connectivity index (χ4v) is 5.32. The number of carbonyl (C=O) groups excluding carboxylic acids is 3. The minimum absolute atomic E-state index is 0.0265. The lowest BCUT2D eigenvalue weighted by atomic mass is 10.0. The molecule has 0 aliphatic heterocycles. The normalized spacial score (nSPS) is 12.2. The van der Waals surface area contributed by atoms with Gasteiger partial charge in [-0.15, -0.1) is 6.42 Å². The van der Waals surface area contributed by atoms with Crippen LogP contribution in [0.1, 0.15) is 32.7 Å². The Bertz CT molecular complexity index is 1460. The Kier molecular flexibility index (Phi) is 13.1. The van der Waals surface area contributed by atoms with Gasteiger partial charge in [0.2, 0.25) is 5.91 Å². The quantitative estimate of drug-likeness (QED) is 0.101. The van der Waals surface area contributed by atoms with Crippen LogP contribution in [0.25, 0.3) is 0 Å². The van der Waals surface area contributed by atoms with Crippen molar-refractivity contribution in [1.29, 1.82) is 0 Å². The fraction of sp³-hybridized carbons (Fsp3) is 0.370. The number of ether oxygens (including phenoxy) is 2. The molecule has 41 heavy (non-hydrogen) atoms. The van der Waals surface area contributed by atoms with E-state index < -0.39 is 55.1 Å². The van der Waals surface area contributed by atoms with Gasteiger partial charge >= 0.3 is 0 Å². The average Bonchev–Trinajstić information content (AvgIpc) is 2.92. The molecular formula is C27H32N2O10S2. The van der Waals surface area contributed by atoms with Crippen molar-refractivity contribution in [3.63, 3.8) is 0 Å². The Labute approximate surface area is 239 Å². The molecule has 0 unspecified atom stereocenters. The highest BCUT2D eigenvalue weighted by atomic mass is 32.2. The van der Waals surface area contributed by atoms with E-state index in [4.69, 9.17) is 15.9 Å². The maximum Gasteiger partial charge on any atom is 0.267 e. The standard InChI is InChI=1S/C27H32N2O10S2/c1-3-13-38-15-16-39-14-12-28-27(32)24(19-41(35,36)37)29-26(31)22-6-4-5-21(18-22)25(30)11-17-40(33,34)23-9-7-20(2)8-10-23/h1,4-10,18,24H,11-17,19H2,2H3,(H,28,32)(H,29,31)(H,35,36,37)/t24-/m0/s1. The molecule has 1 atom stereocenters. The van der Waals surface area contributed by atoms with Gasteiger partial charge in [0.15, 0.2) is 15.6 Å². The van der Waals surface area contributed by atoms with Gasteiger partial charge in [0, 0.05) is 24.1 Å². The summed E-state index contributed by atoms with van der Waals surface area (Å²) < 4.78 is 67.6. The Hall–Kier alpha value is -3.61. The van der Waals surface area contributed by atoms with Crippen molar-refractivity contribution in [1.82, 2.24) is 10.6 Å². The minimum atomic E-state index is -4.66. The lowest BCUT2D eigenvalue weighted by molar-refractivity contribution is -0.122. The second-order valence-corrected chi connectivity index (χ2v) is 12.4. The third-order valence-electron chi connectivity index (χ3n) is 5.53. The third-order valence-corrected chi connectivity index (χ3v) is 8.01. The van der Waals surface area contributed by atoms with Crippen molar-refractivity contribution in [2.24, 2.45) is 0 Å². The van der Waals surface area contributed by atoms with Crippen molar-refractivity contribution in [3.05, 3.63) is 65.2 Å². The molecule has 222 valence electrons. The van der Waals surface area contributed by atoms with E-state index in [2.05, 4.69) is 16.6 Å². The summed E-state index contributed by atoms with van der Waals surface area (Å²) in [6, 6.07) is 9.89. The summed E-state index contributed by atoms with van der Waals surface area (Å²) in [5, 5.41) is 4.64. The molecule has 0 saturated heterocycles. The van der Waals surface area contributed by atoms with Gasteiger partial charge in [-0.25, -0.2) is 8.42 Å². The van der Waals surface area contributed by atoms with E-state index in [1.54, 1.807) is 12.1 Å². The predicted molar refractivity (Wildman–Crippen MR) is 150 cm³/mol. The molecule has 0 spiro atoms. The van der Waals surface area contributed by atoms with Gasteiger partial charge in [-0.3, -0.25) is 18.9 Å². The van der Waals surface area contributed by atoms with Gasteiger partial charge < -0.3 is 20.1 Å². The van der Waals surface area contributed by atoms with Gasteiger partial charge in [-0.1, -0.05) is 35.7 Å². The van der Waals surface area contributed by atoms with Crippen LogP contribution in [0.15, 0.2) is 53.4 Å². The highest BCUT2D eigenvalue weighted by molar-refractivity contribution is 7.91. The largest absolute Gasteiger partial charge is 0.377 e. The summed E-state index contributed by atoms with van der Waals surface area (Å²) in [7, 11) is -8.38. The highest BCUT2D eigenvalue weighted by Crippen LogP contribution is 2.15. The summed E-state index contributed by atoms with van der Waals surface area (Å²) in [5.74, 6) is -1.56. The van der Waals surface area contributed by atoms with Crippen molar-refractivity contribution in [3.8, 4) is 12.3 Å². The molecule has 2 aromatic rings. The minimum Gasteiger partial charge on any atom is -0.377 e. The maximum absolute atomic E-state index is 12.8. The SMILES string of the molecule is C#CCOCCOCCNC(=O)[C@H](CS(=O)(=O)O)NC(=O)c1cccc(C(=O)CCS(=O)(=O)c2ccc(C)cc2)c1. The lowest BCUT2D eigenvalue weighted by Gasteiger charge is -2.17. The first kappa shape index (κ1) is 33.6. The molecule has 0 aromatic heterocycles. The van der Waals surface area contributed by atoms with E-state index in [0.29, 0.717) is 0 Å². The zero-order valence-electron chi connectivity index (χ0n) is 22.4. The Morgan fingerprint density at radius 1 is 0.976 bits per heavy atom. The first-order chi connectivity index (χ1) is 19.3. The van der Waals surface area contributed by atoms with Crippen molar-refractivity contribution >= 4 is 37.6 Å². The summed E-state index contributed by atoms with van der Waals surface area (Å²) in [6.45, 7) is 2.42. The Balaban J connectivity index is 2.00. The van der Waals surface area contributed by atoms with E-state index in [9.17, 15) is 35.8 Å². The number of carbonyl (C=O) groups is 3. The molecule has 2 amide bonds. The van der Waals surface area contributed by atoms with Crippen molar-refractivity contribution in [2.45, 2.75) is 24.3 Å². The van der Waals surface area contributed by atoms with Gasteiger partial charge in [0.05, 0.1) is 30.5 Å². The van der Waals surface area contributed by atoms with Crippen LogP contribution >= 0.6 is 0 Å². The molecule has 0 radical (unpaired) electrons. The van der Waals surface area contributed by atoms with Crippen LogP contribution in [0.3, 0.4) is 0 Å². The van der Waals surface area contributed by atoms with Crippen molar-refractivity contribution in [2.75, 3.05) is 44.5 Å². The molecule has 0 aliphatic carbocycles. The number of sulfone groups is 1. The summed E-state index contributed by atoms with van der Waals surface area (Å²) >= 11 is 0. The lowest BCUT2D eigenvalue weighted by Crippen LogP contribution is -2.50. The number of terminal acetylenes is 1. The number of Topliss-reactive ketones (excluding diaryl/α,β-unsaturated/α-hetero) is 1. The topological polar surface area (TPSA) is 182 Å². The molecule has 12 nitrogen and oxygen atoms in total. The van der Waals surface area contributed by atoms with Crippen molar-refractivity contribution < 1.29 is 45.2 Å². The second-order valence-electron chi connectivity index (χ2n) is 8.82. The third kappa shape index (κ3) is 12.2. The van der Waals surface area contributed by atoms with Crippen LogP contribution in [0, 0.1) is 19.3 Å². The monoisotopic (exact) mass is 608 g/mol. The summed E-state index contributed by atoms with van der Waals surface area (Å²) in [5.41, 5.74) is 0.857. The maximum atomic E-state index is 12.8. The van der Waals surface area contributed by atoms with Gasteiger partial charge in [-0.2, -0.15) is 8.42 Å². The van der Waals surface area contributed by atoms with E-state index in [1.165, 1.54) is 36.4 Å². The summed E-state index contributed by atoms with van der Waals surface area (Å²) in [4.78, 5) is 38.2. The first-order valence-corrected chi connectivity index (χ1v) is 15.6. The van der Waals surface area contributed by atoms with Crippen LogP contribution in [0.4, 0.5) is 0 Å². The van der Waals surface area contributed by atoms with Crippen LogP contribution in [0.2, 0.25) is 0 Å². The molecule has 2 aromatic carbocycles. The first-order valence-electron chi connectivity index (χ1n) is 12.4. The van der Waals surface area contributed by atoms with Crippen LogP contribution in [-0.4, -0.2) is 89.5 Å². The number of benzene rings is 2. The molecule has 3 N–H and O–H groups in total. The number of amides is 2. The smallest absolute Gasteiger partial charge is 0.267 e. The second kappa shape index (κ2) is 16.0. The summed E-state index contributed by atoms with van der Waals surface area (Å²) in [6.07, 6.45) is 4.71. The predicted octanol–water partition coefficient (Wildman–Crippen LogP) is 0.811. The van der Waals surface area contributed by atoms with Gasteiger partial charge in [-0.05, 0) is 31.2 Å². The Morgan fingerprint density at radius 2 is 1.63 bits per heavy atom. The zero-order valence-corrected chi connectivity index (χ0v) is 24.0. The average molecular weight is 609 g/mol. The molecule has 14 heteroatoms. The molecule has 0 bridgehead atoms. The van der Waals surface area contributed by atoms with E-state index in [1.807, 2.05) is 6.92 Å². The number of hydrogen-bond acceptors (Lipinski definition) is 9. The number of nitrogens with one attached hydrogen (secondary N) is 2.